The Kier molecular flexibility index (Phi) is 6.48. The number of aliphatic hydroxyl groups excluding tert-OH is 1. The van der Waals surface area contributed by atoms with Crippen LogP contribution in [0.15, 0.2) is 0 Å². The van der Waals surface area contributed by atoms with Gasteiger partial charge in [-0.1, -0.05) is 0 Å². The van der Waals surface area contributed by atoms with Gasteiger partial charge in [-0.15, -0.1) is 0 Å². The molecule has 2 aliphatic rings. The molecule has 4 heteroatoms. The van der Waals surface area contributed by atoms with E-state index in [0.29, 0.717) is 30.8 Å². The zero-order valence-corrected chi connectivity index (χ0v) is 14.3. The highest BCUT2D eigenvalue weighted by molar-refractivity contribution is 4.92. The summed E-state index contributed by atoms with van der Waals surface area (Å²) in [4.78, 5) is 5.14. The Morgan fingerprint density at radius 2 is 1.90 bits per heavy atom. The van der Waals surface area contributed by atoms with Crippen molar-refractivity contribution < 1.29 is 9.84 Å². The molecular weight excluding hydrogens is 264 g/mol. The summed E-state index contributed by atoms with van der Waals surface area (Å²) in [7, 11) is 1.82. The van der Waals surface area contributed by atoms with Crippen molar-refractivity contribution in [3.63, 3.8) is 0 Å². The van der Waals surface area contributed by atoms with Gasteiger partial charge in [0.1, 0.15) is 0 Å². The van der Waals surface area contributed by atoms with Crippen molar-refractivity contribution in [2.75, 3.05) is 33.4 Å². The molecule has 4 unspecified atom stereocenters. The van der Waals surface area contributed by atoms with Crippen molar-refractivity contribution in [3.8, 4) is 0 Å². The van der Waals surface area contributed by atoms with Gasteiger partial charge in [-0.3, -0.25) is 9.80 Å². The quantitative estimate of drug-likeness (QED) is 0.779. The van der Waals surface area contributed by atoms with Gasteiger partial charge >= 0.3 is 0 Å². The fourth-order valence-corrected chi connectivity index (χ4v) is 4.47. The molecule has 4 atom stereocenters. The van der Waals surface area contributed by atoms with Crippen molar-refractivity contribution in [3.05, 3.63) is 0 Å². The Hall–Kier alpha value is -0.160. The largest absolute Gasteiger partial charge is 0.395 e. The maximum atomic E-state index is 9.53. The maximum absolute atomic E-state index is 9.53. The predicted octanol–water partition coefficient (Wildman–Crippen LogP) is 1.97. The summed E-state index contributed by atoms with van der Waals surface area (Å²) < 4.78 is 5.49. The second-order valence-corrected chi connectivity index (χ2v) is 7.20. The minimum atomic E-state index is 0.314. The van der Waals surface area contributed by atoms with Gasteiger partial charge in [-0.25, -0.2) is 0 Å². The summed E-state index contributed by atoms with van der Waals surface area (Å²) in [6.07, 6.45) is 4.91. The smallest absolute Gasteiger partial charge is 0.0620 e. The van der Waals surface area contributed by atoms with Gasteiger partial charge in [-0.2, -0.15) is 0 Å². The second kappa shape index (κ2) is 7.91. The molecular formula is C17H34N2O2. The highest BCUT2D eigenvalue weighted by atomic mass is 16.5. The number of methoxy groups -OCH3 is 1. The predicted molar refractivity (Wildman–Crippen MR) is 86.5 cm³/mol. The molecule has 2 heterocycles. The van der Waals surface area contributed by atoms with E-state index in [-0.39, 0.29) is 0 Å². The number of nitrogens with zero attached hydrogens (tertiary/aromatic N) is 2. The summed E-state index contributed by atoms with van der Waals surface area (Å²) >= 11 is 0. The molecule has 2 fully saturated rings. The first-order valence-corrected chi connectivity index (χ1v) is 8.69. The Bertz CT molecular complexity index is 311. The first-order valence-electron chi connectivity index (χ1n) is 8.69. The highest BCUT2D eigenvalue weighted by Crippen LogP contribution is 2.32. The van der Waals surface area contributed by atoms with E-state index in [1.54, 1.807) is 0 Å². The van der Waals surface area contributed by atoms with Gasteiger partial charge in [0.2, 0.25) is 0 Å². The molecule has 2 saturated heterocycles. The SMILES string of the molecule is COCC1C(CC(C)N2CCCC2CO)CCN1C(C)C. The Morgan fingerprint density at radius 3 is 2.52 bits per heavy atom. The van der Waals surface area contributed by atoms with Crippen LogP contribution in [-0.4, -0.2) is 72.5 Å². The molecule has 0 aromatic rings. The van der Waals surface area contributed by atoms with Gasteiger partial charge in [0.05, 0.1) is 13.2 Å². The van der Waals surface area contributed by atoms with Crippen molar-refractivity contribution in [1.82, 2.24) is 9.80 Å². The molecule has 0 radical (unpaired) electrons. The Balaban J connectivity index is 1.94. The van der Waals surface area contributed by atoms with E-state index in [2.05, 4.69) is 30.6 Å². The number of aliphatic hydroxyl groups is 1. The number of hydrogen-bond donors (Lipinski definition) is 1. The molecule has 4 nitrogen and oxygen atoms in total. The third kappa shape index (κ3) is 3.98. The standard InChI is InChI=1S/C17H34N2O2/c1-13(2)18-9-7-15(17(18)12-21-4)10-14(3)19-8-5-6-16(19)11-20/h13-17,20H,5-12H2,1-4H3. The average molecular weight is 298 g/mol. The molecule has 0 aromatic heterocycles. The van der Waals surface area contributed by atoms with Crippen LogP contribution in [0.25, 0.3) is 0 Å². The third-order valence-electron chi connectivity index (χ3n) is 5.57. The van der Waals surface area contributed by atoms with E-state index >= 15 is 0 Å². The molecule has 0 bridgehead atoms. The molecule has 2 aliphatic heterocycles. The lowest BCUT2D eigenvalue weighted by molar-refractivity contribution is 0.0641. The zero-order chi connectivity index (χ0) is 15.4. The molecule has 21 heavy (non-hydrogen) atoms. The van der Waals surface area contributed by atoms with Crippen molar-refractivity contribution in [1.29, 1.82) is 0 Å². The summed E-state index contributed by atoms with van der Waals surface area (Å²) in [6.45, 7) is 10.4. The summed E-state index contributed by atoms with van der Waals surface area (Å²) in [5.41, 5.74) is 0. The molecule has 0 spiro atoms. The van der Waals surface area contributed by atoms with Crippen molar-refractivity contribution >= 4 is 0 Å². The van der Waals surface area contributed by atoms with E-state index in [0.717, 1.165) is 25.5 Å². The summed E-state index contributed by atoms with van der Waals surface area (Å²) in [5, 5.41) is 9.53. The topological polar surface area (TPSA) is 35.9 Å². The van der Waals surface area contributed by atoms with Gasteiger partial charge in [-0.05, 0) is 65.5 Å². The minimum Gasteiger partial charge on any atom is -0.395 e. The molecule has 0 aliphatic carbocycles. The lowest BCUT2D eigenvalue weighted by Gasteiger charge is -2.35. The van der Waals surface area contributed by atoms with Crippen LogP contribution in [0.2, 0.25) is 0 Å². The molecule has 124 valence electrons. The minimum absolute atomic E-state index is 0.314. The van der Waals surface area contributed by atoms with Crippen LogP contribution in [-0.2, 0) is 4.74 Å². The maximum Gasteiger partial charge on any atom is 0.0620 e. The fraction of sp³-hybridized carbons (Fsp3) is 1.00. The fourth-order valence-electron chi connectivity index (χ4n) is 4.47. The lowest BCUT2D eigenvalue weighted by Crippen LogP contribution is -2.44. The van der Waals surface area contributed by atoms with E-state index in [4.69, 9.17) is 4.74 Å². The summed E-state index contributed by atoms with van der Waals surface area (Å²) in [6, 6.07) is 2.12. The van der Waals surface area contributed by atoms with Gasteiger partial charge in [0.25, 0.3) is 0 Å². The van der Waals surface area contributed by atoms with Crippen LogP contribution in [0.3, 0.4) is 0 Å². The second-order valence-electron chi connectivity index (χ2n) is 7.20. The van der Waals surface area contributed by atoms with Gasteiger partial charge in [0, 0.05) is 31.3 Å². The Labute approximate surface area is 130 Å². The number of likely N-dealkylation sites (tertiary alicyclic amines) is 2. The van der Waals surface area contributed by atoms with Crippen LogP contribution in [0, 0.1) is 5.92 Å². The van der Waals surface area contributed by atoms with Crippen LogP contribution < -0.4 is 0 Å². The van der Waals surface area contributed by atoms with Crippen LogP contribution in [0.1, 0.15) is 46.5 Å². The van der Waals surface area contributed by atoms with E-state index in [1.807, 2.05) is 7.11 Å². The van der Waals surface area contributed by atoms with Crippen molar-refractivity contribution in [2.24, 2.45) is 5.92 Å². The first kappa shape index (κ1) is 17.2. The molecule has 0 amide bonds. The van der Waals surface area contributed by atoms with E-state index in [9.17, 15) is 5.11 Å². The van der Waals surface area contributed by atoms with E-state index < -0.39 is 0 Å². The van der Waals surface area contributed by atoms with Gasteiger partial charge < -0.3 is 9.84 Å². The zero-order valence-electron chi connectivity index (χ0n) is 14.3. The average Bonchev–Trinajstić information content (AvgIpc) is 3.06. The van der Waals surface area contributed by atoms with Gasteiger partial charge in [0.15, 0.2) is 0 Å². The van der Waals surface area contributed by atoms with Crippen LogP contribution in [0.4, 0.5) is 0 Å². The molecule has 0 saturated carbocycles. The highest BCUT2D eigenvalue weighted by Gasteiger charge is 2.38. The summed E-state index contributed by atoms with van der Waals surface area (Å²) in [5.74, 6) is 0.724. The number of ether oxygens (including phenoxy) is 1. The van der Waals surface area contributed by atoms with Crippen LogP contribution in [0.5, 0.6) is 0 Å². The number of hydrogen-bond acceptors (Lipinski definition) is 4. The Morgan fingerprint density at radius 1 is 1.14 bits per heavy atom. The molecule has 1 N–H and O–H groups in total. The van der Waals surface area contributed by atoms with E-state index in [1.165, 1.54) is 25.8 Å². The van der Waals surface area contributed by atoms with Crippen LogP contribution >= 0.6 is 0 Å². The normalized spacial score (nSPS) is 33.1. The first-order chi connectivity index (χ1) is 10.1. The van der Waals surface area contributed by atoms with Crippen molar-refractivity contribution in [2.45, 2.75) is 70.6 Å². The number of rotatable bonds is 7. The monoisotopic (exact) mass is 298 g/mol. The molecule has 0 aromatic carbocycles. The third-order valence-corrected chi connectivity index (χ3v) is 5.57. The molecule has 2 rings (SSSR count). The lowest BCUT2D eigenvalue weighted by atomic mass is 9.92.